The van der Waals surface area contributed by atoms with Gasteiger partial charge in [0, 0.05) is 26.8 Å². The Balaban J connectivity index is 2.11. The first kappa shape index (κ1) is 17.9. The molecule has 2 amide bonds. The van der Waals surface area contributed by atoms with Gasteiger partial charge in [-0.1, -0.05) is 12.1 Å². The largest absolute Gasteiger partial charge is 0.478 e. The first-order chi connectivity index (χ1) is 10.6. The molecular weight excluding hydrogens is 288 g/mol. The van der Waals surface area contributed by atoms with Crippen LogP contribution >= 0.6 is 0 Å². The summed E-state index contributed by atoms with van der Waals surface area (Å²) >= 11 is 0. The van der Waals surface area contributed by atoms with E-state index in [2.05, 4.69) is 10.6 Å². The Morgan fingerprint density at radius 1 is 1.09 bits per heavy atom. The number of aromatic carboxylic acids is 1. The lowest BCUT2D eigenvalue weighted by Gasteiger charge is -2.08. The van der Waals surface area contributed by atoms with Crippen LogP contribution in [0.5, 0.6) is 0 Å². The fraction of sp³-hybridized carbons (Fsp3) is 0.467. The van der Waals surface area contributed by atoms with E-state index in [4.69, 9.17) is 14.6 Å². The third kappa shape index (κ3) is 7.61. The lowest BCUT2D eigenvalue weighted by Crippen LogP contribution is -2.35. The highest BCUT2D eigenvalue weighted by Crippen LogP contribution is 2.04. The number of hydrogen-bond acceptors (Lipinski definition) is 4. The molecule has 7 nitrogen and oxygen atoms in total. The molecule has 0 bridgehead atoms. The van der Waals surface area contributed by atoms with Crippen molar-refractivity contribution in [3.8, 4) is 0 Å². The Morgan fingerprint density at radius 2 is 1.82 bits per heavy atom. The Bertz CT molecular complexity index is 462. The van der Waals surface area contributed by atoms with Crippen LogP contribution in [0.2, 0.25) is 0 Å². The molecule has 0 aliphatic carbocycles. The van der Waals surface area contributed by atoms with Gasteiger partial charge in [-0.05, 0) is 24.1 Å². The second kappa shape index (κ2) is 10.6. The Morgan fingerprint density at radius 3 is 2.45 bits per heavy atom. The molecule has 0 aliphatic rings. The van der Waals surface area contributed by atoms with Gasteiger partial charge in [0.15, 0.2) is 0 Å². The number of ether oxygens (including phenoxy) is 2. The van der Waals surface area contributed by atoms with Gasteiger partial charge >= 0.3 is 12.0 Å². The van der Waals surface area contributed by atoms with Gasteiger partial charge in [-0.15, -0.1) is 0 Å². The summed E-state index contributed by atoms with van der Waals surface area (Å²) in [6, 6.07) is 6.10. The van der Waals surface area contributed by atoms with E-state index in [1.54, 1.807) is 19.2 Å². The zero-order valence-electron chi connectivity index (χ0n) is 12.6. The zero-order chi connectivity index (χ0) is 16.2. The van der Waals surface area contributed by atoms with Crippen LogP contribution in [-0.2, 0) is 16.0 Å². The van der Waals surface area contributed by atoms with Crippen LogP contribution in [0.4, 0.5) is 4.79 Å². The van der Waals surface area contributed by atoms with Crippen molar-refractivity contribution in [2.24, 2.45) is 0 Å². The van der Waals surface area contributed by atoms with Gasteiger partial charge in [-0.2, -0.15) is 0 Å². The number of rotatable bonds is 10. The molecule has 0 heterocycles. The molecule has 1 aromatic rings. The van der Waals surface area contributed by atoms with E-state index < -0.39 is 5.97 Å². The highest BCUT2D eigenvalue weighted by Gasteiger charge is 2.03. The Hall–Kier alpha value is -2.12. The fourth-order valence-electron chi connectivity index (χ4n) is 1.63. The average molecular weight is 310 g/mol. The van der Waals surface area contributed by atoms with Gasteiger partial charge in [0.05, 0.1) is 18.8 Å². The SMILES string of the molecule is COCCOCCCNC(=O)NCc1ccc(C(=O)O)cc1. The molecule has 0 unspecified atom stereocenters. The number of urea groups is 1. The monoisotopic (exact) mass is 310 g/mol. The maximum Gasteiger partial charge on any atom is 0.335 e. The molecular formula is C15H22N2O5. The molecule has 0 aromatic heterocycles. The number of carboxylic acid groups (broad SMARTS) is 1. The predicted molar refractivity (Wildman–Crippen MR) is 81.0 cm³/mol. The van der Waals surface area contributed by atoms with Crippen molar-refractivity contribution in [1.82, 2.24) is 10.6 Å². The van der Waals surface area contributed by atoms with Crippen LogP contribution in [0.25, 0.3) is 0 Å². The highest BCUT2D eigenvalue weighted by molar-refractivity contribution is 5.87. The van der Waals surface area contributed by atoms with Crippen LogP contribution in [0.1, 0.15) is 22.3 Å². The molecule has 3 N–H and O–H groups in total. The summed E-state index contributed by atoms with van der Waals surface area (Å²) in [6.45, 7) is 2.55. The first-order valence-electron chi connectivity index (χ1n) is 7.04. The molecule has 0 aliphatic heterocycles. The van der Waals surface area contributed by atoms with E-state index >= 15 is 0 Å². The van der Waals surface area contributed by atoms with Crippen molar-refractivity contribution in [2.45, 2.75) is 13.0 Å². The van der Waals surface area contributed by atoms with Crippen molar-refractivity contribution in [1.29, 1.82) is 0 Å². The number of methoxy groups -OCH3 is 1. The number of amides is 2. The van der Waals surface area contributed by atoms with Crippen molar-refractivity contribution in [3.05, 3.63) is 35.4 Å². The average Bonchev–Trinajstić information content (AvgIpc) is 2.52. The zero-order valence-corrected chi connectivity index (χ0v) is 12.6. The summed E-state index contributed by atoms with van der Waals surface area (Å²) in [5.41, 5.74) is 1.06. The van der Waals surface area contributed by atoms with Crippen LogP contribution in [0.15, 0.2) is 24.3 Å². The number of benzene rings is 1. The third-order valence-corrected chi connectivity index (χ3v) is 2.84. The number of carboxylic acids is 1. The van der Waals surface area contributed by atoms with Crippen molar-refractivity contribution in [3.63, 3.8) is 0 Å². The third-order valence-electron chi connectivity index (χ3n) is 2.84. The summed E-state index contributed by atoms with van der Waals surface area (Å²) in [4.78, 5) is 22.3. The summed E-state index contributed by atoms with van der Waals surface area (Å²) < 4.78 is 10.1. The van der Waals surface area contributed by atoms with Crippen LogP contribution in [0, 0.1) is 0 Å². The number of hydrogen-bond donors (Lipinski definition) is 3. The van der Waals surface area contributed by atoms with Crippen molar-refractivity contribution < 1.29 is 24.2 Å². The van der Waals surface area contributed by atoms with E-state index in [1.807, 2.05) is 0 Å². The standard InChI is InChI=1S/C15H22N2O5/c1-21-9-10-22-8-2-7-16-15(20)17-11-12-3-5-13(6-4-12)14(18)19/h3-6H,2,7-11H2,1H3,(H,18,19)(H2,16,17,20). The van der Waals surface area contributed by atoms with Gasteiger partial charge in [0.1, 0.15) is 0 Å². The second-order valence-electron chi connectivity index (χ2n) is 4.57. The van der Waals surface area contributed by atoms with Crippen LogP contribution < -0.4 is 10.6 Å². The summed E-state index contributed by atoms with van der Waals surface area (Å²) in [5.74, 6) is -0.968. The molecule has 0 fully saturated rings. The molecule has 0 radical (unpaired) electrons. The number of nitrogens with one attached hydrogen (secondary N) is 2. The minimum absolute atomic E-state index is 0.224. The van der Waals surface area contributed by atoms with Crippen LogP contribution in [-0.4, -0.2) is 50.6 Å². The molecule has 0 saturated carbocycles. The highest BCUT2D eigenvalue weighted by atomic mass is 16.5. The lowest BCUT2D eigenvalue weighted by molar-refractivity contribution is 0.0695. The van der Waals surface area contributed by atoms with E-state index in [9.17, 15) is 9.59 Å². The van der Waals surface area contributed by atoms with Gasteiger partial charge in [-0.25, -0.2) is 9.59 Å². The molecule has 0 atom stereocenters. The molecule has 7 heteroatoms. The summed E-state index contributed by atoms with van der Waals surface area (Å²) in [6.07, 6.45) is 0.727. The van der Waals surface area contributed by atoms with Gasteiger partial charge in [-0.3, -0.25) is 0 Å². The Labute approximate surface area is 129 Å². The van der Waals surface area contributed by atoms with Crippen molar-refractivity contribution in [2.75, 3.05) is 33.5 Å². The summed E-state index contributed by atoms with van der Waals surface area (Å²) in [5, 5.41) is 14.2. The number of carbonyl (C=O) groups excluding carboxylic acids is 1. The predicted octanol–water partition coefficient (Wildman–Crippen LogP) is 1.24. The van der Waals surface area contributed by atoms with Gasteiger partial charge in [0.2, 0.25) is 0 Å². The van der Waals surface area contributed by atoms with Gasteiger partial charge < -0.3 is 25.2 Å². The normalized spacial score (nSPS) is 10.2. The minimum Gasteiger partial charge on any atom is -0.478 e. The second-order valence-corrected chi connectivity index (χ2v) is 4.57. The Kier molecular flexibility index (Phi) is 8.63. The quantitative estimate of drug-likeness (QED) is 0.565. The van der Waals surface area contributed by atoms with E-state index in [1.165, 1.54) is 12.1 Å². The van der Waals surface area contributed by atoms with Gasteiger partial charge in [0.25, 0.3) is 0 Å². The molecule has 122 valence electrons. The van der Waals surface area contributed by atoms with Crippen molar-refractivity contribution >= 4 is 12.0 Å². The van der Waals surface area contributed by atoms with Crippen LogP contribution in [0.3, 0.4) is 0 Å². The fourth-order valence-corrected chi connectivity index (χ4v) is 1.63. The molecule has 22 heavy (non-hydrogen) atoms. The maximum absolute atomic E-state index is 11.5. The first-order valence-corrected chi connectivity index (χ1v) is 7.04. The maximum atomic E-state index is 11.5. The lowest BCUT2D eigenvalue weighted by atomic mass is 10.1. The minimum atomic E-state index is -0.968. The van der Waals surface area contributed by atoms with E-state index in [0.717, 1.165) is 12.0 Å². The topological polar surface area (TPSA) is 96.9 Å². The van der Waals surface area contributed by atoms with E-state index in [-0.39, 0.29) is 11.6 Å². The van der Waals surface area contributed by atoms with E-state index in [0.29, 0.717) is 32.9 Å². The molecule has 0 saturated heterocycles. The molecule has 0 spiro atoms. The summed E-state index contributed by atoms with van der Waals surface area (Å²) in [7, 11) is 1.62. The number of carbonyl (C=O) groups is 2. The molecule has 1 aromatic carbocycles. The smallest absolute Gasteiger partial charge is 0.335 e. The molecule has 1 rings (SSSR count).